The standard InChI is InChI=1S/C28H37NO3S/c1-15(4-9-23(30)29-33-16-5-6-16)17-7-8-18-24-19(10-12-27(17,18)2)28(3)13-11-21-22(31-21)14-20(28)25-26(24)32-25/h4,7,9,14-16,18-19,21-22,24-26H,5-6,8,10-13H2,1-3H3,(H,29,30)/b9-4+/t15-,18?,19?,21?,22?,24?,25-,26+,27?,28-/m1/s1. The Labute approximate surface area is 202 Å². The summed E-state index contributed by atoms with van der Waals surface area (Å²) in [6.45, 7) is 7.34. The fraction of sp³-hybridized carbons (Fsp3) is 0.750. The molecule has 6 unspecified atom stereocenters. The van der Waals surface area contributed by atoms with Crippen molar-refractivity contribution in [2.24, 2.45) is 34.5 Å². The predicted molar refractivity (Wildman–Crippen MR) is 130 cm³/mol. The number of carbonyl (C=O) groups is 1. The minimum atomic E-state index is 0.0342. The summed E-state index contributed by atoms with van der Waals surface area (Å²) in [7, 11) is 0. The van der Waals surface area contributed by atoms with Crippen LogP contribution in [0.5, 0.6) is 0 Å². The lowest BCUT2D eigenvalue weighted by molar-refractivity contribution is -0.114. The van der Waals surface area contributed by atoms with E-state index < -0.39 is 0 Å². The Balaban J connectivity index is 1.10. The maximum atomic E-state index is 12.2. The highest BCUT2D eigenvalue weighted by molar-refractivity contribution is 7.98. The summed E-state index contributed by atoms with van der Waals surface area (Å²) in [5, 5.41) is 0.639. The monoisotopic (exact) mass is 467 g/mol. The molecule has 0 aromatic heterocycles. The molecule has 0 aromatic rings. The van der Waals surface area contributed by atoms with Crippen molar-refractivity contribution in [3.63, 3.8) is 0 Å². The molecular weight excluding hydrogens is 430 g/mol. The van der Waals surface area contributed by atoms with Gasteiger partial charge in [0.05, 0.1) is 12.2 Å². The van der Waals surface area contributed by atoms with E-state index in [1.807, 2.05) is 0 Å². The molecule has 1 N–H and O–H groups in total. The number of rotatable bonds is 5. The van der Waals surface area contributed by atoms with Gasteiger partial charge in [-0.1, -0.05) is 44.6 Å². The third kappa shape index (κ3) is 3.28. The second kappa shape index (κ2) is 7.24. The van der Waals surface area contributed by atoms with Crippen LogP contribution in [0.2, 0.25) is 0 Å². The molecule has 2 heterocycles. The molecule has 3 saturated carbocycles. The molecule has 10 atom stereocenters. The molecule has 33 heavy (non-hydrogen) atoms. The topological polar surface area (TPSA) is 54.2 Å². The Kier molecular flexibility index (Phi) is 4.66. The molecule has 0 bridgehead atoms. The van der Waals surface area contributed by atoms with Gasteiger partial charge in [-0.05, 0) is 97.0 Å². The van der Waals surface area contributed by atoms with Gasteiger partial charge in [0.2, 0.25) is 0 Å². The summed E-state index contributed by atoms with van der Waals surface area (Å²) < 4.78 is 15.3. The third-order valence-electron chi connectivity index (χ3n) is 10.5. The number of hydrogen-bond acceptors (Lipinski definition) is 4. The maximum Gasteiger partial charge on any atom is 0.253 e. The van der Waals surface area contributed by atoms with Crippen molar-refractivity contribution < 1.29 is 14.3 Å². The zero-order valence-electron chi connectivity index (χ0n) is 20.1. The van der Waals surface area contributed by atoms with Gasteiger partial charge >= 0.3 is 0 Å². The first kappa shape index (κ1) is 21.3. The molecule has 7 aliphatic rings. The summed E-state index contributed by atoms with van der Waals surface area (Å²) in [5.41, 5.74) is 3.66. The van der Waals surface area contributed by atoms with Crippen LogP contribution in [0.4, 0.5) is 0 Å². The number of carbonyl (C=O) groups excluding carboxylic acids is 1. The minimum absolute atomic E-state index is 0.0342. The maximum absolute atomic E-state index is 12.2. The van der Waals surface area contributed by atoms with Crippen LogP contribution < -0.4 is 4.72 Å². The van der Waals surface area contributed by atoms with E-state index in [2.05, 4.69) is 43.7 Å². The van der Waals surface area contributed by atoms with Gasteiger partial charge in [0.1, 0.15) is 12.2 Å². The fourth-order valence-electron chi connectivity index (χ4n) is 8.38. The van der Waals surface area contributed by atoms with Crippen LogP contribution in [0.15, 0.2) is 35.5 Å². The number of epoxide rings is 2. The Morgan fingerprint density at radius 2 is 1.97 bits per heavy atom. The Bertz CT molecular complexity index is 968. The number of amides is 1. The zero-order valence-corrected chi connectivity index (χ0v) is 20.9. The van der Waals surface area contributed by atoms with Crippen molar-refractivity contribution in [1.82, 2.24) is 4.72 Å². The van der Waals surface area contributed by atoms with Gasteiger partial charge in [0.25, 0.3) is 5.91 Å². The van der Waals surface area contributed by atoms with Gasteiger partial charge in [-0.25, -0.2) is 0 Å². The number of ether oxygens (including phenoxy) is 2. The molecule has 0 aromatic carbocycles. The van der Waals surface area contributed by atoms with Crippen molar-refractivity contribution in [2.45, 2.75) is 95.4 Å². The lowest BCUT2D eigenvalue weighted by Gasteiger charge is -2.56. The van der Waals surface area contributed by atoms with E-state index in [9.17, 15) is 4.79 Å². The Morgan fingerprint density at radius 1 is 1.15 bits per heavy atom. The smallest absolute Gasteiger partial charge is 0.253 e. The first-order valence-electron chi connectivity index (χ1n) is 13.3. The molecule has 4 nitrogen and oxygen atoms in total. The molecule has 1 amide bonds. The van der Waals surface area contributed by atoms with Gasteiger partial charge in [0.15, 0.2) is 0 Å². The second-order valence-electron chi connectivity index (χ2n) is 12.3. The van der Waals surface area contributed by atoms with Crippen LogP contribution in [0.25, 0.3) is 0 Å². The lowest BCUT2D eigenvalue weighted by Crippen LogP contribution is -2.52. The predicted octanol–water partition coefficient (Wildman–Crippen LogP) is 5.36. The average Bonchev–Trinajstić information content (AvgIpc) is 3.65. The zero-order chi connectivity index (χ0) is 22.5. The van der Waals surface area contributed by atoms with E-state index in [0.717, 1.165) is 5.92 Å². The molecule has 5 heteroatoms. The summed E-state index contributed by atoms with van der Waals surface area (Å²) in [6, 6.07) is 0. The van der Waals surface area contributed by atoms with E-state index in [1.54, 1.807) is 29.2 Å². The largest absolute Gasteiger partial charge is 0.365 e. The van der Waals surface area contributed by atoms with E-state index in [1.165, 1.54) is 44.9 Å². The van der Waals surface area contributed by atoms with Gasteiger partial charge in [-0.15, -0.1) is 0 Å². The number of nitrogens with one attached hydrogen (secondary N) is 1. The highest BCUT2D eigenvalue weighted by Crippen LogP contribution is 2.70. The van der Waals surface area contributed by atoms with E-state index in [4.69, 9.17) is 9.47 Å². The van der Waals surface area contributed by atoms with Crippen molar-refractivity contribution in [3.8, 4) is 0 Å². The summed E-state index contributed by atoms with van der Waals surface area (Å²) in [6.07, 6.45) is 19.1. The first-order chi connectivity index (χ1) is 15.9. The van der Waals surface area contributed by atoms with Crippen LogP contribution in [-0.2, 0) is 14.3 Å². The van der Waals surface area contributed by atoms with Gasteiger partial charge in [-0.2, -0.15) is 0 Å². The normalized spacial score (nSPS) is 50.0. The third-order valence-corrected chi connectivity index (χ3v) is 11.6. The van der Waals surface area contributed by atoms with E-state index >= 15 is 0 Å². The quantitative estimate of drug-likeness (QED) is 0.256. The molecule has 5 aliphatic carbocycles. The Morgan fingerprint density at radius 3 is 2.79 bits per heavy atom. The van der Waals surface area contributed by atoms with E-state index in [0.29, 0.717) is 47.4 Å². The second-order valence-corrected chi connectivity index (χ2v) is 13.4. The molecule has 0 spiro atoms. The molecule has 5 fully saturated rings. The molecule has 2 saturated heterocycles. The lowest BCUT2D eigenvalue weighted by atomic mass is 9.47. The summed E-state index contributed by atoms with van der Waals surface area (Å²) in [5.74, 6) is 2.40. The van der Waals surface area contributed by atoms with Gasteiger partial charge < -0.3 is 9.47 Å². The van der Waals surface area contributed by atoms with Crippen LogP contribution >= 0.6 is 11.9 Å². The van der Waals surface area contributed by atoms with Crippen LogP contribution in [0.3, 0.4) is 0 Å². The van der Waals surface area contributed by atoms with Gasteiger partial charge in [-0.3, -0.25) is 9.52 Å². The first-order valence-corrected chi connectivity index (χ1v) is 14.1. The molecular formula is C28H37NO3S. The Hall–Kier alpha value is -1.04. The van der Waals surface area contributed by atoms with Crippen molar-refractivity contribution in [3.05, 3.63) is 35.5 Å². The fourth-order valence-corrected chi connectivity index (χ4v) is 9.10. The summed E-state index contributed by atoms with van der Waals surface area (Å²) >= 11 is 1.59. The molecule has 7 rings (SSSR count). The van der Waals surface area contributed by atoms with Crippen molar-refractivity contribution in [2.75, 3.05) is 0 Å². The number of hydrogen-bond donors (Lipinski definition) is 1. The van der Waals surface area contributed by atoms with Crippen LogP contribution in [-0.4, -0.2) is 35.6 Å². The van der Waals surface area contributed by atoms with Crippen molar-refractivity contribution >= 4 is 17.9 Å². The van der Waals surface area contributed by atoms with Crippen LogP contribution in [0.1, 0.15) is 65.7 Å². The molecule has 178 valence electrons. The minimum Gasteiger partial charge on any atom is -0.365 e. The number of fused-ring (bicyclic) bond motifs is 9. The molecule has 0 radical (unpaired) electrons. The SMILES string of the molecule is C[C@H](/C=C/C(=O)NSC1CC1)C1=CCC2C3C(CCC12C)[C@@]1(C)CCC2OC2C=C1[C@H]1O[C@@H]31. The van der Waals surface area contributed by atoms with Crippen molar-refractivity contribution in [1.29, 1.82) is 0 Å². The van der Waals surface area contributed by atoms with Gasteiger partial charge in [0, 0.05) is 11.3 Å². The highest BCUT2D eigenvalue weighted by atomic mass is 32.2. The average molecular weight is 468 g/mol. The van der Waals surface area contributed by atoms with Crippen LogP contribution in [0, 0.1) is 34.5 Å². The summed E-state index contributed by atoms with van der Waals surface area (Å²) in [4.78, 5) is 12.2. The number of allylic oxidation sites excluding steroid dienone is 3. The highest BCUT2D eigenvalue weighted by Gasteiger charge is 2.68. The van der Waals surface area contributed by atoms with E-state index in [-0.39, 0.29) is 16.7 Å². The molecule has 2 aliphatic heterocycles.